The number of furan rings is 1. The maximum atomic E-state index is 12.5. The SMILES string of the molecule is COc1ccccc1OCc1ccc(C(=O)NC(C)C2CC3CCC2C3)o1. The smallest absolute Gasteiger partial charge is 0.287 e. The number of amides is 1. The van der Waals surface area contributed by atoms with Gasteiger partial charge in [-0.05, 0) is 68.2 Å². The van der Waals surface area contributed by atoms with Gasteiger partial charge in [0.2, 0.25) is 0 Å². The first kappa shape index (κ1) is 18.0. The van der Waals surface area contributed by atoms with Crippen molar-refractivity contribution in [3.05, 3.63) is 47.9 Å². The molecule has 144 valence electrons. The van der Waals surface area contributed by atoms with Crippen LogP contribution >= 0.6 is 0 Å². The van der Waals surface area contributed by atoms with E-state index in [2.05, 4.69) is 12.2 Å². The molecule has 4 rings (SSSR count). The lowest BCUT2D eigenvalue weighted by Crippen LogP contribution is -2.40. The van der Waals surface area contributed by atoms with Crippen molar-refractivity contribution in [2.75, 3.05) is 7.11 Å². The summed E-state index contributed by atoms with van der Waals surface area (Å²) in [4.78, 5) is 12.5. The summed E-state index contributed by atoms with van der Waals surface area (Å²) in [5, 5.41) is 3.13. The highest BCUT2D eigenvalue weighted by Crippen LogP contribution is 2.49. The second-order valence-corrected chi connectivity index (χ2v) is 7.81. The molecule has 1 N–H and O–H groups in total. The molecular weight excluding hydrogens is 342 g/mol. The molecule has 4 atom stereocenters. The Balaban J connectivity index is 1.32. The normalized spacial score (nSPS) is 24.6. The minimum atomic E-state index is -0.145. The van der Waals surface area contributed by atoms with E-state index in [1.54, 1.807) is 19.2 Å². The van der Waals surface area contributed by atoms with E-state index in [9.17, 15) is 4.79 Å². The summed E-state index contributed by atoms with van der Waals surface area (Å²) in [6, 6.07) is 11.1. The van der Waals surface area contributed by atoms with Crippen LogP contribution in [0.25, 0.3) is 0 Å². The largest absolute Gasteiger partial charge is 0.493 e. The van der Waals surface area contributed by atoms with Gasteiger partial charge in [-0.1, -0.05) is 18.6 Å². The van der Waals surface area contributed by atoms with Crippen LogP contribution in [-0.4, -0.2) is 19.1 Å². The van der Waals surface area contributed by atoms with Crippen LogP contribution in [0.1, 0.15) is 48.9 Å². The second kappa shape index (κ2) is 7.67. The average molecular weight is 369 g/mol. The molecule has 5 nitrogen and oxygen atoms in total. The lowest BCUT2D eigenvalue weighted by molar-refractivity contribution is 0.0883. The van der Waals surface area contributed by atoms with Crippen molar-refractivity contribution < 1.29 is 18.7 Å². The molecule has 2 aliphatic carbocycles. The van der Waals surface area contributed by atoms with E-state index in [1.165, 1.54) is 25.7 Å². The first-order chi connectivity index (χ1) is 13.1. The quantitative estimate of drug-likeness (QED) is 0.785. The molecule has 1 amide bonds. The van der Waals surface area contributed by atoms with E-state index in [-0.39, 0.29) is 18.6 Å². The Kier molecular flexibility index (Phi) is 5.10. The molecule has 0 aliphatic heterocycles. The van der Waals surface area contributed by atoms with Crippen LogP contribution < -0.4 is 14.8 Å². The fourth-order valence-electron chi connectivity index (χ4n) is 4.76. The fourth-order valence-corrected chi connectivity index (χ4v) is 4.76. The third-order valence-corrected chi connectivity index (χ3v) is 6.12. The summed E-state index contributed by atoms with van der Waals surface area (Å²) in [5.74, 6) is 4.38. The maximum absolute atomic E-state index is 12.5. The lowest BCUT2D eigenvalue weighted by Gasteiger charge is -2.28. The van der Waals surface area contributed by atoms with Gasteiger partial charge in [0, 0.05) is 6.04 Å². The van der Waals surface area contributed by atoms with Gasteiger partial charge in [-0.25, -0.2) is 0 Å². The van der Waals surface area contributed by atoms with Crippen LogP contribution in [0.2, 0.25) is 0 Å². The number of carbonyl (C=O) groups is 1. The highest BCUT2D eigenvalue weighted by Gasteiger charge is 2.42. The van der Waals surface area contributed by atoms with Gasteiger partial charge in [0.05, 0.1) is 7.11 Å². The summed E-state index contributed by atoms with van der Waals surface area (Å²) in [7, 11) is 1.61. The van der Waals surface area contributed by atoms with Gasteiger partial charge >= 0.3 is 0 Å². The van der Waals surface area contributed by atoms with Crippen molar-refractivity contribution in [3.8, 4) is 11.5 Å². The van der Waals surface area contributed by atoms with E-state index in [1.807, 2.05) is 24.3 Å². The van der Waals surface area contributed by atoms with Crippen LogP contribution in [0.3, 0.4) is 0 Å². The first-order valence-corrected chi connectivity index (χ1v) is 9.79. The minimum absolute atomic E-state index is 0.145. The van der Waals surface area contributed by atoms with Crippen LogP contribution in [-0.2, 0) is 6.61 Å². The predicted octanol–water partition coefficient (Wildman–Crippen LogP) is 4.42. The molecule has 4 unspecified atom stereocenters. The zero-order valence-corrected chi connectivity index (χ0v) is 15.9. The molecule has 27 heavy (non-hydrogen) atoms. The van der Waals surface area contributed by atoms with Crippen molar-refractivity contribution in [2.45, 2.75) is 45.3 Å². The zero-order chi connectivity index (χ0) is 18.8. The van der Waals surface area contributed by atoms with E-state index >= 15 is 0 Å². The number of rotatable bonds is 7. The zero-order valence-electron chi connectivity index (χ0n) is 15.9. The molecule has 0 radical (unpaired) electrons. The standard InChI is InChI=1S/C22H27NO4/c1-14(18-12-15-7-8-16(18)11-15)23-22(24)21-10-9-17(27-21)13-26-20-6-4-3-5-19(20)25-2/h3-6,9-10,14-16,18H,7-8,11-13H2,1-2H3,(H,23,24). The van der Waals surface area contributed by atoms with Crippen LogP contribution in [0, 0.1) is 17.8 Å². The van der Waals surface area contributed by atoms with Crippen LogP contribution in [0.4, 0.5) is 0 Å². The lowest BCUT2D eigenvalue weighted by atomic mass is 9.84. The van der Waals surface area contributed by atoms with Crippen molar-refractivity contribution in [3.63, 3.8) is 0 Å². The van der Waals surface area contributed by atoms with Crippen molar-refractivity contribution >= 4 is 5.91 Å². The molecule has 2 aliphatic rings. The Morgan fingerprint density at radius 3 is 2.70 bits per heavy atom. The summed E-state index contributed by atoms with van der Waals surface area (Å²) < 4.78 is 16.7. The van der Waals surface area contributed by atoms with Gasteiger partial charge in [-0.2, -0.15) is 0 Å². The number of para-hydroxylation sites is 2. The molecule has 2 fully saturated rings. The average Bonchev–Trinajstić information content (AvgIpc) is 3.43. The Bertz CT molecular complexity index is 799. The van der Waals surface area contributed by atoms with Crippen molar-refractivity contribution in [1.29, 1.82) is 0 Å². The predicted molar refractivity (Wildman–Crippen MR) is 102 cm³/mol. The third kappa shape index (κ3) is 3.82. The maximum Gasteiger partial charge on any atom is 0.287 e. The number of hydrogen-bond acceptors (Lipinski definition) is 4. The number of benzene rings is 1. The monoisotopic (exact) mass is 369 g/mol. The number of nitrogens with one attached hydrogen (secondary N) is 1. The highest BCUT2D eigenvalue weighted by atomic mass is 16.5. The van der Waals surface area contributed by atoms with E-state index in [0.29, 0.717) is 28.9 Å². The van der Waals surface area contributed by atoms with E-state index in [0.717, 1.165) is 11.8 Å². The number of fused-ring (bicyclic) bond motifs is 2. The second-order valence-electron chi connectivity index (χ2n) is 7.81. The first-order valence-electron chi connectivity index (χ1n) is 9.79. The van der Waals surface area contributed by atoms with Gasteiger partial charge in [-0.3, -0.25) is 4.79 Å². The van der Waals surface area contributed by atoms with Gasteiger partial charge in [0.15, 0.2) is 17.3 Å². The van der Waals surface area contributed by atoms with E-state index < -0.39 is 0 Å². The van der Waals surface area contributed by atoms with Gasteiger partial charge in [-0.15, -0.1) is 0 Å². The summed E-state index contributed by atoms with van der Waals surface area (Å²) in [6.45, 7) is 2.37. The van der Waals surface area contributed by atoms with Crippen LogP contribution in [0.5, 0.6) is 11.5 Å². The summed E-state index contributed by atoms with van der Waals surface area (Å²) in [5.41, 5.74) is 0. The number of carbonyl (C=O) groups excluding carboxylic acids is 1. The molecule has 2 saturated carbocycles. The van der Waals surface area contributed by atoms with Gasteiger partial charge in [0.1, 0.15) is 12.4 Å². The van der Waals surface area contributed by atoms with Crippen molar-refractivity contribution in [1.82, 2.24) is 5.32 Å². The molecule has 5 heteroatoms. The van der Waals surface area contributed by atoms with E-state index in [4.69, 9.17) is 13.9 Å². The Morgan fingerprint density at radius 1 is 1.19 bits per heavy atom. The van der Waals surface area contributed by atoms with Gasteiger partial charge < -0.3 is 19.2 Å². The molecule has 1 aromatic heterocycles. The minimum Gasteiger partial charge on any atom is -0.493 e. The molecule has 2 aromatic rings. The van der Waals surface area contributed by atoms with Crippen molar-refractivity contribution in [2.24, 2.45) is 17.8 Å². The number of ether oxygens (including phenoxy) is 2. The third-order valence-electron chi connectivity index (χ3n) is 6.12. The molecule has 1 aromatic carbocycles. The van der Waals surface area contributed by atoms with Gasteiger partial charge in [0.25, 0.3) is 5.91 Å². The highest BCUT2D eigenvalue weighted by molar-refractivity contribution is 5.91. The molecule has 1 heterocycles. The Labute approximate surface area is 160 Å². The Hall–Kier alpha value is -2.43. The number of hydrogen-bond donors (Lipinski definition) is 1. The summed E-state index contributed by atoms with van der Waals surface area (Å²) in [6.07, 6.45) is 5.29. The topological polar surface area (TPSA) is 60.7 Å². The summed E-state index contributed by atoms with van der Waals surface area (Å²) >= 11 is 0. The Morgan fingerprint density at radius 2 is 2.00 bits per heavy atom. The van der Waals surface area contributed by atoms with Crippen LogP contribution in [0.15, 0.2) is 40.8 Å². The number of methoxy groups -OCH3 is 1. The molecule has 0 saturated heterocycles. The molecule has 0 spiro atoms. The fraction of sp³-hybridized carbons (Fsp3) is 0.500. The molecule has 2 bridgehead atoms. The molecular formula is C22H27NO4.